The monoisotopic (exact) mass is 403 g/mol. The molecule has 0 aliphatic rings. The number of amides is 1. The number of methoxy groups -OCH3 is 2. The first kappa shape index (κ1) is 21.3. The molecule has 28 heavy (non-hydrogen) atoms. The highest BCUT2D eigenvalue weighted by molar-refractivity contribution is 6.32. The third-order valence-electron chi connectivity index (χ3n) is 3.98. The predicted molar refractivity (Wildman–Crippen MR) is 109 cm³/mol. The lowest BCUT2D eigenvalue weighted by Gasteiger charge is -2.21. The summed E-state index contributed by atoms with van der Waals surface area (Å²) in [5.41, 5.74) is 1.34. The van der Waals surface area contributed by atoms with Crippen molar-refractivity contribution >= 4 is 35.2 Å². The number of carbonyl (C=O) groups excluding carboxylic acids is 2. The fourth-order valence-corrected chi connectivity index (χ4v) is 2.81. The van der Waals surface area contributed by atoms with Gasteiger partial charge in [-0.15, -0.1) is 0 Å². The maximum absolute atomic E-state index is 12.4. The molecule has 0 heterocycles. The van der Waals surface area contributed by atoms with Gasteiger partial charge in [-0.1, -0.05) is 29.8 Å². The highest BCUT2D eigenvalue weighted by atomic mass is 35.5. The summed E-state index contributed by atoms with van der Waals surface area (Å²) in [6.07, 6.45) is 1.81. The van der Waals surface area contributed by atoms with Crippen LogP contribution in [-0.2, 0) is 14.3 Å². The summed E-state index contributed by atoms with van der Waals surface area (Å²) in [6, 6.07) is 12.4. The van der Waals surface area contributed by atoms with Crippen LogP contribution in [0.2, 0.25) is 5.02 Å². The van der Waals surface area contributed by atoms with Crippen LogP contribution in [0.5, 0.6) is 11.5 Å². The van der Waals surface area contributed by atoms with Crippen LogP contribution >= 0.6 is 11.6 Å². The van der Waals surface area contributed by atoms with Crippen molar-refractivity contribution in [1.29, 1.82) is 0 Å². The van der Waals surface area contributed by atoms with Crippen LogP contribution < -0.4 is 14.4 Å². The summed E-state index contributed by atoms with van der Waals surface area (Å²) < 4.78 is 15.6. The Balaban J connectivity index is 2.03. The highest BCUT2D eigenvalue weighted by Crippen LogP contribution is 2.36. The quantitative estimate of drug-likeness (QED) is 0.517. The smallest absolute Gasteiger partial charge is 0.331 e. The molecule has 0 fully saturated rings. The van der Waals surface area contributed by atoms with Crippen molar-refractivity contribution in [3.8, 4) is 11.5 Å². The highest BCUT2D eigenvalue weighted by Gasteiger charge is 2.21. The van der Waals surface area contributed by atoms with Crippen LogP contribution in [0.4, 0.5) is 5.69 Å². The van der Waals surface area contributed by atoms with E-state index in [2.05, 4.69) is 0 Å². The number of halogens is 1. The number of hydrogen-bond acceptors (Lipinski definition) is 5. The van der Waals surface area contributed by atoms with Crippen molar-refractivity contribution in [3.05, 3.63) is 59.1 Å². The number of ether oxygens (including phenoxy) is 3. The summed E-state index contributed by atoms with van der Waals surface area (Å²) in [5.74, 6) is -0.126. The molecular weight excluding hydrogens is 382 g/mol. The fraction of sp³-hybridized carbons (Fsp3) is 0.238. The van der Waals surface area contributed by atoms with E-state index in [1.54, 1.807) is 31.3 Å². The summed E-state index contributed by atoms with van der Waals surface area (Å²) >= 11 is 6.14. The first-order chi connectivity index (χ1) is 13.4. The molecule has 0 aliphatic heterocycles. The number of benzene rings is 2. The van der Waals surface area contributed by atoms with E-state index < -0.39 is 12.1 Å². The second-order valence-corrected chi connectivity index (χ2v) is 6.29. The molecule has 0 spiro atoms. The van der Waals surface area contributed by atoms with E-state index in [0.29, 0.717) is 27.8 Å². The minimum absolute atomic E-state index is 0.331. The lowest BCUT2D eigenvalue weighted by Crippen LogP contribution is -2.37. The van der Waals surface area contributed by atoms with Gasteiger partial charge in [-0.25, -0.2) is 4.79 Å². The van der Waals surface area contributed by atoms with Gasteiger partial charge in [0.15, 0.2) is 17.6 Å². The lowest BCUT2D eigenvalue weighted by molar-refractivity contribution is -0.148. The van der Waals surface area contributed by atoms with E-state index in [1.807, 2.05) is 18.2 Å². The third-order valence-corrected chi connectivity index (χ3v) is 4.26. The van der Waals surface area contributed by atoms with Crippen molar-refractivity contribution in [2.75, 3.05) is 26.2 Å². The van der Waals surface area contributed by atoms with Crippen molar-refractivity contribution in [1.82, 2.24) is 0 Å². The molecule has 0 aliphatic carbocycles. The Morgan fingerprint density at radius 3 is 2.39 bits per heavy atom. The third kappa shape index (κ3) is 5.27. The van der Waals surface area contributed by atoms with Gasteiger partial charge in [-0.2, -0.15) is 0 Å². The average molecular weight is 404 g/mol. The molecule has 7 heteroatoms. The van der Waals surface area contributed by atoms with Crippen LogP contribution in [0.25, 0.3) is 6.08 Å². The van der Waals surface area contributed by atoms with Gasteiger partial charge < -0.3 is 19.1 Å². The van der Waals surface area contributed by atoms with Crippen molar-refractivity contribution in [3.63, 3.8) is 0 Å². The second-order valence-electron chi connectivity index (χ2n) is 5.88. The predicted octanol–water partition coefficient (Wildman–Crippen LogP) is 3.97. The summed E-state index contributed by atoms with van der Waals surface area (Å²) in [4.78, 5) is 26.0. The van der Waals surface area contributed by atoms with E-state index in [9.17, 15) is 9.59 Å². The number of nitrogens with zero attached hydrogens (tertiary/aromatic N) is 1. The number of rotatable bonds is 7. The Morgan fingerprint density at radius 1 is 1.11 bits per heavy atom. The van der Waals surface area contributed by atoms with Gasteiger partial charge in [-0.3, -0.25) is 4.79 Å². The molecule has 0 saturated carbocycles. The molecule has 2 aromatic carbocycles. The number of para-hydroxylation sites is 1. The maximum atomic E-state index is 12.4. The molecule has 2 rings (SSSR count). The summed E-state index contributed by atoms with van der Waals surface area (Å²) in [5, 5.41) is 0.350. The summed E-state index contributed by atoms with van der Waals surface area (Å²) in [7, 11) is 4.61. The number of hydrogen-bond donors (Lipinski definition) is 0. The molecule has 1 atom stereocenters. The topological polar surface area (TPSA) is 65.1 Å². The minimum Gasteiger partial charge on any atom is -0.493 e. The Labute approximate surface area is 169 Å². The van der Waals surface area contributed by atoms with Gasteiger partial charge in [0.25, 0.3) is 5.91 Å². The molecule has 6 nitrogen and oxygen atoms in total. The van der Waals surface area contributed by atoms with E-state index in [0.717, 1.165) is 0 Å². The fourth-order valence-electron chi connectivity index (χ4n) is 2.51. The van der Waals surface area contributed by atoms with E-state index in [4.69, 9.17) is 25.8 Å². The van der Waals surface area contributed by atoms with Crippen molar-refractivity contribution in [2.45, 2.75) is 13.0 Å². The van der Waals surface area contributed by atoms with Crippen LogP contribution in [0.3, 0.4) is 0 Å². The minimum atomic E-state index is -0.934. The van der Waals surface area contributed by atoms with E-state index in [1.165, 1.54) is 38.2 Å². The van der Waals surface area contributed by atoms with Crippen LogP contribution in [0.15, 0.2) is 48.5 Å². The molecular formula is C21H22ClNO5. The second kappa shape index (κ2) is 9.80. The standard InChI is InChI=1S/C21H22ClNO5/c1-14(21(25)23(2)16-8-6-5-7-9-16)28-19(24)11-10-15-12-17(22)20(27-4)18(13-15)26-3/h5-14H,1-4H3/b11-10+. The molecule has 1 unspecified atom stereocenters. The zero-order valence-electron chi connectivity index (χ0n) is 16.1. The molecule has 1 amide bonds. The Hall–Kier alpha value is -2.99. The van der Waals surface area contributed by atoms with Gasteiger partial charge in [0.2, 0.25) is 0 Å². The zero-order chi connectivity index (χ0) is 20.7. The van der Waals surface area contributed by atoms with Gasteiger partial charge in [-0.05, 0) is 42.8 Å². The molecule has 148 valence electrons. The Kier molecular flexibility index (Phi) is 7.46. The first-order valence-electron chi connectivity index (χ1n) is 8.50. The van der Waals surface area contributed by atoms with Gasteiger partial charge in [0.1, 0.15) is 0 Å². The first-order valence-corrected chi connectivity index (χ1v) is 8.88. The average Bonchev–Trinajstić information content (AvgIpc) is 2.71. The van der Waals surface area contributed by atoms with Crippen molar-refractivity contribution in [2.24, 2.45) is 0 Å². The normalized spacial score (nSPS) is 11.8. The molecule has 2 aromatic rings. The van der Waals surface area contributed by atoms with Crippen LogP contribution in [-0.4, -0.2) is 39.2 Å². The Bertz CT molecular complexity index is 867. The molecule has 0 saturated heterocycles. The zero-order valence-corrected chi connectivity index (χ0v) is 16.9. The van der Waals surface area contributed by atoms with Gasteiger partial charge in [0, 0.05) is 18.8 Å². The maximum Gasteiger partial charge on any atom is 0.331 e. The van der Waals surface area contributed by atoms with E-state index >= 15 is 0 Å². The van der Waals surface area contributed by atoms with Gasteiger partial charge >= 0.3 is 5.97 Å². The number of esters is 1. The Morgan fingerprint density at radius 2 is 1.79 bits per heavy atom. The number of carbonyl (C=O) groups is 2. The SMILES string of the molecule is COc1cc(/C=C/C(=O)OC(C)C(=O)N(C)c2ccccc2)cc(Cl)c1OC. The van der Waals surface area contributed by atoms with Gasteiger partial charge in [0.05, 0.1) is 19.2 Å². The number of likely N-dealkylation sites (N-methyl/N-ethyl adjacent to an activating group) is 1. The van der Waals surface area contributed by atoms with Crippen LogP contribution in [0.1, 0.15) is 12.5 Å². The lowest BCUT2D eigenvalue weighted by atomic mass is 10.2. The molecule has 0 N–H and O–H groups in total. The van der Waals surface area contributed by atoms with Crippen molar-refractivity contribution < 1.29 is 23.8 Å². The largest absolute Gasteiger partial charge is 0.493 e. The molecule has 0 aromatic heterocycles. The molecule has 0 radical (unpaired) electrons. The van der Waals surface area contributed by atoms with E-state index in [-0.39, 0.29) is 5.91 Å². The molecule has 0 bridgehead atoms. The summed E-state index contributed by atoms with van der Waals surface area (Å²) in [6.45, 7) is 1.53. The number of anilines is 1. The van der Waals surface area contributed by atoms with Crippen LogP contribution in [0, 0.1) is 0 Å².